The third-order valence-corrected chi connectivity index (χ3v) is 2.08. The van der Waals surface area contributed by atoms with Crippen molar-refractivity contribution in [3.05, 3.63) is 41.4 Å². The van der Waals surface area contributed by atoms with Crippen LogP contribution >= 0.6 is 15.9 Å². The van der Waals surface area contributed by atoms with Gasteiger partial charge in [0.25, 0.3) is 0 Å². The second-order valence-electron chi connectivity index (χ2n) is 2.78. The number of halogens is 1. The van der Waals surface area contributed by atoms with Gasteiger partial charge in [-0.2, -0.15) is 0 Å². The predicted octanol–water partition coefficient (Wildman–Crippen LogP) is 2.74. The lowest BCUT2D eigenvalue weighted by atomic mass is 10.3. The first kappa shape index (κ1) is 9.92. The molecule has 2 aromatic rings. The minimum Gasteiger partial charge on any atom is -0.508 e. The summed E-state index contributed by atoms with van der Waals surface area (Å²) in [6.45, 7) is 0. The lowest BCUT2D eigenvalue weighted by molar-refractivity contribution is 0.462. The summed E-state index contributed by atoms with van der Waals surface area (Å²) in [6.07, 6.45) is 3.12. The van der Waals surface area contributed by atoms with Crippen LogP contribution < -0.4 is 4.74 Å². The van der Waals surface area contributed by atoms with Gasteiger partial charge in [0.2, 0.25) is 0 Å². The molecule has 0 aliphatic carbocycles. The van der Waals surface area contributed by atoms with Gasteiger partial charge in [-0.25, -0.2) is 9.97 Å². The molecule has 0 radical (unpaired) electrons. The first-order chi connectivity index (χ1) is 7.24. The van der Waals surface area contributed by atoms with E-state index in [-0.39, 0.29) is 5.75 Å². The van der Waals surface area contributed by atoms with Crippen LogP contribution in [0.5, 0.6) is 17.2 Å². The Morgan fingerprint density at radius 2 is 1.60 bits per heavy atom. The molecule has 1 aromatic heterocycles. The van der Waals surface area contributed by atoms with E-state index in [4.69, 9.17) is 9.84 Å². The van der Waals surface area contributed by atoms with E-state index in [1.807, 2.05) is 0 Å². The summed E-state index contributed by atoms with van der Waals surface area (Å²) in [5.41, 5.74) is 0. The Hall–Kier alpha value is -1.62. The molecule has 1 N–H and O–H groups in total. The highest BCUT2D eigenvalue weighted by Gasteiger charge is 1.98. The predicted molar refractivity (Wildman–Crippen MR) is 57.9 cm³/mol. The maximum Gasteiger partial charge on any atom is 0.196 e. The van der Waals surface area contributed by atoms with Crippen LogP contribution in [0.15, 0.2) is 41.4 Å². The normalized spacial score (nSPS) is 9.93. The van der Waals surface area contributed by atoms with Crippen molar-refractivity contribution < 1.29 is 9.84 Å². The molecule has 76 valence electrons. The van der Waals surface area contributed by atoms with Crippen molar-refractivity contribution >= 4 is 15.9 Å². The number of phenolic OH excluding ortho intramolecular Hbond substituents is 1. The zero-order valence-corrected chi connectivity index (χ0v) is 9.18. The molecule has 0 saturated heterocycles. The van der Waals surface area contributed by atoms with Gasteiger partial charge < -0.3 is 9.84 Å². The highest BCUT2D eigenvalue weighted by atomic mass is 79.9. The van der Waals surface area contributed by atoms with Gasteiger partial charge in [0.05, 0.1) is 12.4 Å². The van der Waals surface area contributed by atoms with Crippen LogP contribution in [0.25, 0.3) is 0 Å². The van der Waals surface area contributed by atoms with Gasteiger partial charge in [-0.3, -0.25) is 0 Å². The van der Waals surface area contributed by atoms with Crippen LogP contribution in [0.1, 0.15) is 0 Å². The number of aromatic nitrogens is 2. The Balaban J connectivity index is 2.15. The molecular formula is C10H7BrN2O2. The number of hydrogen-bond acceptors (Lipinski definition) is 4. The molecule has 0 amide bonds. The minimum atomic E-state index is 0.203. The fraction of sp³-hybridized carbons (Fsp3) is 0. The van der Waals surface area contributed by atoms with E-state index in [0.29, 0.717) is 16.2 Å². The molecule has 0 saturated carbocycles. The maximum atomic E-state index is 9.07. The SMILES string of the molecule is Oc1ccc(Oc2cnc(Br)nc2)cc1. The summed E-state index contributed by atoms with van der Waals surface area (Å²) < 4.78 is 5.95. The van der Waals surface area contributed by atoms with Gasteiger partial charge in [0, 0.05) is 0 Å². The molecule has 4 nitrogen and oxygen atoms in total. The van der Waals surface area contributed by atoms with Crippen molar-refractivity contribution in [1.29, 1.82) is 0 Å². The highest BCUT2D eigenvalue weighted by molar-refractivity contribution is 9.10. The number of rotatable bonds is 2. The third-order valence-electron chi connectivity index (χ3n) is 1.67. The molecule has 15 heavy (non-hydrogen) atoms. The summed E-state index contributed by atoms with van der Waals surface area (Å²) >= 11 is 3.13. The van der Waals surface area contributed by atoms with Crippen molar-refractivity contribution in [3.8, 4) is 17.2 Å². The van der Waals surface area contributed by atoms with Gasteiger partial charge in [0.1, 0.15) is 11.5 Å². The van der Waals surface area contributed by atoms with Crippen molar-refractivity contribution in [3.63, 3.8) is 0 Å². The Labute approximate surface area is 94.7 Å². The summed E-state index contributed by atoms with van der Waals surface area (Å²) in [5.74, 6) is 1.37. The molecular weight excluding hydrogens is 260 g/mol. The topological polar surface area (TPSA) is 55.2 Å². The van der Waals surface area contributed by atoms with E-state index in [9.17, 15) is 0 Å². The second-order valence-corrected chi connectivity index (χ2v) is 3.49. The van der Waals surface area contributed by atoms with Gasteiger partial charge in [-0.05, 0) is 40.2 Å². The average molecular weight is 267 g/mol. The van der Waals surface area contributed by atoms with E-state index < -0.39 is 0 Å². The van der Waals surface area contributed by atoms with E-state index in [0.717, 1.165) is 0 Å². The van der Waals surface area contributed by atoms with Crippen LogP contribution in [-0.2, 0) is 0 Å². The lowest BCUT2D eigenvalue weighted by Crippen LogP contribution is -1.87. The molecule has 0 fully saturated rings. The molecule has 0 unspecified atom stereocenters. The van der Waals surface area contributed by atoms with Crippen LogP contribution in [0.4, 0.5) is 0 Å². The highest BCUT2D eigenvalue weighted by Crippen LogP contribution is 2.22. The number of benzene rings is 1. The molecule has 0 atom stereocenters. The maximum absolute atomic E-state index is 9.07. The first-order valence-electron chi connectivity index (χ1n) is 4.18. The Morgan fingerprint density at radius 3 is 2.20 bits per heavy atom. The largest absolute Gasteiger partial charge is 0.508 e. The summed E-state index contributed by atoms with van der Waals surface area (Å²) in [6, 6.07) is 6.43. The van der Waals surface area contributed by atoms with Crippen molar-refractivity contribution in [2.45, 2.75) is 0 Å². The fourth-order valence-electron chi connectivity index (χ4n) is 1.00. The van der Waals surface area contributed by atoms with Gasteiger partial charge in [0.15, 0.2) is 10.5 Å². The zero-order chi connectivity index (χ0) is 10.7. The third kappa shape index (κ3) is 2.66. The molecule has 0 aliphatic rings. The Bertz CT molecular complexity index is 398. The minimum absolute atomic E-state index is 0.203. The smallest absolute Gasteiger partial charge is 0.196 e. The van der Waals surface area contributed by atoms with E-state index in [1.54, 1.807) is 36.7 Å². The van der Waals surface area contributed by atoms with E-state index in [2.05, 4.69) is 25.9 Å². The quantitative estimate of drug-likeness (QED) is 0.850. The Kier molecular flexibility index (Phi) is 2.82. The van der Waals surface area contributed by atoms with E-state index in [1.165, 1.54) is 0 Å². The summed E-state index contributed by atoms with van der Waals surface area (Å²) in [4.78, 5) is 7.85. The number of phenols is 1. The fourth-order valence-corrected chi connectivity index (χ4v) is 1.21. The van der Waals surface area contributed by atoms with Crippen LogP contribution in [0.2, 0.25) is 0 Å². The van der Waals surface area contributed by atoms with Gasteiger partial charge >= 0.3 is 0 Å². The van der Waals surface area contributed by atoms with E-state index >= 15 is 0 Å². The van der Waals surface area contributed by atoms with Gasteiger partial charge in [-0.15, -0.1) is 0 Å². The molecule has 0 bridgehead atoms. The summed E-state index contributed by atoms with van der Waals surface area (Å²) in [5, 5.41) is 9.07. The van der Waals surface area contributed by atoms with Crippen molar-refractivity contribution in [2.24, 2.45) is 0 Å². The first-order valence-corrected chi connectivity index (χ1v) is 4.98. The monoisotopic (exact) mass is 266 g/mol. The summed E-state index contributed by atoms with van der Waals surface area (Å²) in [7, 11) is 0. The molecule has 0 aliphatic heterocycles. The molecule has 1 aromatic carbocycles. The zero-order valence-electron chi connectivity index (χ0n) is 7.59. The van der Waals surface area contributed by atoms with Crippen LogP contribution in [-0.4, -0.2) is 15.1 Å². The second kappa shape index (κ2) is 4.27. The lowest BCUT2D eigenvalue weighted by Gasteiger charge is -2.04. The standard InChI is InChI=1S/C10H7BrN2O2/c11-10-12-5-9(6-13-10)15-8-3-1-7(14)2-4-8/h1-6,14H. The molecule has 5 heteroatoms. The molecule has 0 spiro atoms. The van der Waals surface area contributed by atoms with Crippen molar-refractivity contribution in [1.82, 2.24) is 9.97 Å². The van der Waals surface area contributed by atoms with Crippen LogP contribution in [0.3, 0.4) is 0 Å². The average Bonchev–Trinajstić information content (AvgIpc) is 2.25. The number of ether oxygens (including phenoxy) is 1. The van der Waals surface area contributed by atoms with Crippen LogP contribution in [0, 0.1) is 0 Å². The number of nitrogens with zero attached hydrogens (tertiary/aromatic N) is 2. The number of hydrogen-bond donors (Lipinski definition) is 1. The van der Waals surface area contributed by atoms with Crippen molar-refractivity contribution in [2.75, 3.05) is 0 Å². The Morgan fingerprint density at radius 1 is 1.00 bits per heavy atom. The number of aromatic hydroxyl groups is 1. The molecule has 1 heterocycles. The molecule has 2 rings (SSSR count). The van der Waals surface area contributed by atoms with Gasteiger partial charge in [-0.1, -0.05) is 0 Å².